The number of anilines is 2. The molecule has 3 amide bonds. The van der Waals surface area contributed by atoms with Gasteiger partial charge in [-0.1, -0.05) is 0 Å². The molecular weight excluding hydrogens is 258 g/mol. The molecule has 2 N–H and O–H groups in total. The molecule has 108 valence electrons. The first-order valence-electron chi connectivity index (χ1n) is 6.29. The van der Waals surface area contributed by atoms with Crippen molar-refractivity contribution in [3.8, 4) is 0 Å². The van der Waals surface area contributed by atoms with Crippen molar-refractivity contribution in [2.75, 3.05) is 24.2 Å². The molecule has 6 nitrogen and oxygen atoms in total. The van der Waals surface area contributed by atoms with Crippen LogP contribution in [0.25, 0.3) is 0 Å². The average Bonchev–Trinajstić information content (AvgIpc) is 2.34. The minimum atomic E-state index is -0.243. The second kappa shape index (κ2) is 6.70. The molecule has 0 saturated carbocycles. The van der Waals surface area contributed by atoms with Gasteiger partial charge in [0.1, 0.15) is 0 Å². The van der Waals surface area contributed by atoms with Crippen molar-refractivity contribution >= 4 is 29.1 Å². The highest BCUT2D eigenvalue weighted by Crippen LogP contribution is 2.20. The highest BCUT2D eigenvalue weighted by molar-refractivity contribution is 5.99. The Morgan fingerprint density at radius 3 is 1.80 bits per heavy atom. The number of benzene rings is 1. The predicted molar refractivity (Wildman–Crippen MR) is 77.7 cm³/mol. The number of hydrogen-bond acceptors (Lipinski definition) is 3. The summed E-state index contributed by atoms with van der Waals surface area (Å²) in [6.07, 6.45) is 0. The fourth-order valence-corrected chi connectivity index (χ4v) is 1.67. The van der Waals surface area contributed by atoms with E-state index in [0.717, 1.165) is 0 Å². The van der Waals surface area contributed by atoms with Gasteiger partial charge < -0.3 is 15.5 Å². The highest BCUT2D eigenvalue weighted by Gasteiger charge is 2.13. The Kier molecular flexibility index (Phi) is 5.25. The molecular formula is C14H19N3O3. The van der Waals surface area contributed by atoms with Gasteiger partial charge in [-0.3, -0.25) is 14.4 Å². The molecule has 0 aromatic heterocycles. The summed E-state index contributed by atoms with van der Waals surface area (Å²) in [6.45, 7) is 5.19. The number of carbonyl (C=O) groups is 3. The van der Waals surface area contributed by atoms with Crippen molar-refractivity contribution < 1.29 is 14.4 Å². The van der Waals surface area contributed by atoms with Gasteiger partial charge >= 0.3 is 0 Å². The van der Waals surface area contributed by atoms with E-state index >= 15 is 0 Å². The van der Waals surface area contributed by atoms with Crippen LogP contribution in [0.15, 0.2) is 18.2 Å². The quantitative estimate of drug-likeness (QED) is 0.879. The summed E-state index contributed by atoms with van der Waals surface area (Å²) < 4.78 is 0. The fourth-order valence-electron chi connectivity index (χ4n) is 1.67. The second-order valence-electron chi connectivity index (χ2n) is 4.48. The third kappa shape index (κ3) is 4.38. The van der Waals surface area contributed by atoms with Crippen LogP contribution in [0.5, 0.6) is 0 Å². The first-order valence-corrected chi connectivity index (χ1v) is 6.29. The normalized spacial score (nSPS) is 9.80. The van der Waals surface area contributed by atoms with Crippen LogP contribution < -0.4 is 10.6 Å². The molecule has 0 saturated heterocycles. The molecule has 0 radical (unpaired) electrons. The first-order chi connectivity index (χ1) is 9.33. The molecule has 0 aliphatic heterocycles. The van der Waals surface area contributed by atoms with E-state index < -0.39 is 0 Å². The van der Waals surface area contributed by atoms with Crippen molar-refractivity contribution in [3.63, 3.8) is 0 Å². The maximum atomic E-state index is 12.2. The molecule has 1 rings (SSSR count). The molecule has 0 aliphatic carbocycles. The Morgan fingerprint density at radius 1 is 1.00 bits per heavy atom. The van der Waals surface area contributed by atoms with Gasteiger partial charge in [-0.05, 0) is 25.1 Å². The lowest BCUT2D eigenvalue weighted by Crippen LogP contribution is -2.26. The molecule has 0 spiro atoms. The number of carbonyl (C=O) groups excluding carboxylic acids is 3. The van der Waals surface area contributed by atoms with Gasteiger partial charge in [0, 0.05) is 44.4 Å². The van der Waals surface area contributed by atoms with Crippen LogP contribution in [0.4, 0.5) is 11.4 Å². The largest absolute Gasteiger partial charge is 0.342 e. The summed E-state index contributed by atoms with van der Waals surface area (Å²) in [5, 5.41) is 5.22. The summed E-state index contributed by atoms with van der Waals surface area (Å²) in [5.74, 6) is -0.661. The summed E-state index contributed by atoms with van der Waals surface area (Å²) in [6, 6.07) is 4.77. The van der Waals surface area contributed by atoms with Crippen LogP contribution in [0.1, 0.15) is 31.1 Å². The number of nitrogens with zero attached hydrogens (tertiary/aromatic N) is 1. The molecule has 1 aromatic rings. The Bertz CT molecular complexity index is 506. The molecule has 0 unspecified atom stereocenters. The third-order valence-corrected chi connectivity index (χ3v) is 2.64. The van der Waals surface area contributed by atoms with Crippen LogP contribution in [0.2, 0.25) is 0 Å². The fraction of sp³-hybridized carbons (Fsp3) is 0.357. The molecule has 0 fully saturated rings. The lowest BCUT2D eigenvalue weighted by molar-refractivity contribution is -0.115. The maximum absolute atomic E-state index is 12.2. The molecule has 0 aliphatic rings. The van der Waals surface area contributed by atoms with E-state index in [9.17, 15) is 14.4 Å². The maximum Gasteiger partial charge on any atom is 0.253 e. The van der Waals surface area contributed by atoms with E-state index in [-0.39, 0.29) is 17.7 Å². The summed E-state index contributed by atoms with van der Waals surface area (Å²) in [4.78, 5) is 35.9. The van der Waals surface area contributed by atoms with Crippen LogP contribution in [-0.4, -0.2) is 36.2 Å². The van der Waals surface area contributed by atoms with Gasteiger partial charge in [0.15, 0.2) is 0 Å². The van der Waals surface area contributed by atoms with E-state index in [1.54, 1.807) is 30.1 Å². The Morgan fingerprint density at radius 2 is 1.45 bits per heavy atom. The van der Waals surface area contributed by atoms with E-state index in [0.29, 0.717) is 23.5 Å². The highest BCUT2D eigenvalue weighted by atomic mass is 16.2. The van der Waals surface area contributed by atoms with Crippen molar-refractivity contribution in [2.24, 2.45) is 0 Å². The molecule has 0 bridgehead atoms. The standard InChI is InChI=1S/C14H19N3O3/c1-5-17(4)14(20)11-6-12(15-9(2)18)8-13(7-11)16-10(3)19/h6-8H,5H2,1-4H3,(H,15,18)(H,16,19). The number of rotatable bonds is 4. The zero-order chi connectivity index (χ0) is 15.3. The number of hydrogen-bond donors (Lipinski definition) is 2. The van der Waals surface area contributed by atoms with Gasteiger partial charge in [0.25, 0.3) is 5.91 Å². The lowest BCUT2D eigenvalue weighted by atomic mass is 10.1. The van der Waals surface area contributed by atoms with Crippen molar-refractivity contribution in [3.05, 3.63) is 23.8 Å². The zero-order valence-electron chi connectivity index (χ0n) is 12.1. The summed E-state index contributed by atoms with van der Waals surface area (Å²) in [5.41, 5.74) is 1.34. The number of nitrogens with one attached hydrogen (secondary N) is 2. The first kappa shape index (κ1) is 15.7. The van der Waals surface area contributed by atoms with Gasteiger partial charge in [0.05, 0.1) is 0 Å². The van der Waals surface area contributed by atoms with Crippen molar-refractivity contribution in [2.45, 2.75) is 20.8 Å². The molecule has 20 heavy (non-hydrogen) atoms. The summed E-state index contributed by atoms with van der Waals surface area (Å²) in [7, 11) is 1.69. The molecule has 0 atom stereocenters. The Labute approximate surface area is 118 Å². The topological polar surface area (TPSA) is 78.5 Å². The Hall–Kier alpha value is -2.37. The molecule has 1 aromatic carbocycles. The van der Waals surface area contributed by atoms with Crippen LogP contribution >= 0.6 is 0 Å². The second-order valence-corrected chi connectivity index (χ2v) is 4.48. The van der Waals surface area contributed by atoms with Gasteiger partial charge in [-0.2, -0.15) is 0 Å². The van der Waals surface area contributed by atoms with Crippen LogP contribution in [0.3, 0.4) is 0 Å². The number of amides is 3. The minimum Gasteiger partial charge on any atom is -0.342 e. The molecule has 0 heterocycles. The monoisotopic (exact) mass is 277 g/mol. The average molecular weight is 277 g/mol. The molecule has 6 heteroatoms. The minimum absolute atomic E-state index is 0.175. The van der Waals surface area contributed by atoms with E-state index in [1.807, 2.05) is 6.92 Å². The van der Waals surface area contributed by atoms with Gasteiger partial charge in [0.2, 0.25) is 11.8 Å². The smallest absolute Gasteiger partial charge is 0.253 e. The third-order valence-electron chi connectivity index (χ3n) is 2.64. The van der Waals surface area contributed by atoms with Crippen molar-refractivity contribution in [1.82, 2.24) is 4.90 Å². The van der Waals surface area contributed by atoms with Crippen LogP contribution in [-0.2, 0) is 9.59 Å². The zero-order valence-corrected chi connectivity index (χ0v) is 12.1. The van der Waals surface area contributed by atoms with Gasteiger partial charge in [-0.25, -0.2) is 0 Å². The SMILES string of the molecule is CCN(C)C(=O)c1cc(NC(C)=O)cc(NC(C)=O)c1. The lowest BCUT2D eigenvalue weighted by Gasteiger charge is -2.16. The van der Waals surface area contributed by atoms with Gasteiger partial charge in [-0.15, -0.1) is 0 Å². The van der Waals surface area contributed by atoms with Crippen molar-refractivity contribution in [1.29, 1.82) is 0 Å². The van der Waals surface area contributed by atoms with E-state index in [1.165, 1.54) is 13.8 Å². The van der Waals surface area contributed by atoms with Crippen LogP contribution in [0, 0.1) is 0 Å². The van der Waals surface area contributed by atoms with E-state index in [4.69, 9.17) is 0 Å². The Balaban J connectivity index is 3.18. The summed E-state index contributed by atoms with van der Waals surface area (Å²) >= 11 is 0. The predicted octanol–water partition coefficient (Wildman–Crippen LogP) is 1.70. The van der Waals surface area contributed by atoms with E-state index in [2.05, 4.69) is 10.6 Å².